The van der Waals surface area contributed by atoms with Crippen molar-refractivity contribution in [2.24, 2.45) is 5.84 Å². The van der Waals surface area contributed by atoms with Gasteiger partial charge in [-0.2, -0.15) is 0 Å². The van der Waals surface area contributed by atoms with Crippen molar-refractivity contribution in [3.63, 3.8) is 0 Å². The molecular weight excluding hydrogens is 268 g/mol. The van der Waals surface area contributed by atoms with Gasteiger partial charge in [0, 0.05) is 5.39 Å². The Bertz CT molecular complexity index is 768. The van der Waals surface area contributed by atoms with E-state index in [2.05, 4.69) is 15.7 Å². The smallest absolute Gasteiger partial charge is 0.270 e. The van der Waals surface area contributed by atoms with E-state index >= 15 is 0 Å². The van der Waals surface area contributed by atoms with Crippen molar-refractivity contribution >= 4 is 22.5 Å². The molecule has 6 heteroatoms. The molecule has 3 aromatic rings. The monoisotopic (exact) mass is 282 g/mol. The maximum Gasteiger partial charge on any atom is 0.270 e. The molecule has 4 N–H and O–H groups in total. The van der Waals surface area contributed by atoms with E-state index in [0.29, 0.717) is 29.2 Å². The van der Waals surface area contributed by atoms with Crippen LogP contribution in [0, 0.1) is 0 Å². The molecule has 1 amide bonds. The number of furan rings is 1. The molecule has 0 fully saturated rings. The summed E-state index contributed by atoms with van der Waals surface area (Å²) in [5.41, 5.74) is 4.26. The average molecular weight is 282 g/mol. The molecule has 0 atom stereocenters. The van der Waals surface area contributed by atoms with Gasteiger partial charge in [-0.3, -0.25) is 10.6 Å². The standard InChI is InChI=1S/C15H14N4O2/c16-19-13-8-14(18-12-6-2-1-5-11(12)13)15(20)17-9-10-4-3-7-21-10/h1-8H,9,16H2,(H,17,20)(H,18,19). The number of aromatic nitrogens is 1. The second-order valence-corrected chi connectivity index (χ2v) is 4.48. The quantitative estimate of drug-likeness (QED) is 0.503. The number of fused-ring (bicyclic) bond motifs is 1. The highest BCUT2D eigenvalue weighted by Crippen LogP contribution is 2.22. The van der Waals surface area contributed by atoms with E-state index < -0.39 is 0 Å². The lowest BCUT2D eigenvalue weighted by Crippen LogP contribution is -2.24. The first-order valence-electron chi connectivity index (χ1n) is 6.45. The molecule has 0 aliphatic carbocycles. The van der Waals surface area contributed by atoms with Gasteiger partial charge in [0.05, 0.1) is 24.0 Å². The molecule has 2 aromatic heterocycles. The number of nitrogens with two attached hydrogens (primary N) is 1. The van der Waals surface area contributed by atoms with Gasteiger partial charge in [-0.1, -0.05) is 18.2 Å². The van der Waals surface area contributed by atoms with Crippen molar-refractivity contribution in [3.05, 3.63) is 60.2 Å². The summed E-state index contributed by atoms with van der Waals surface area (Å²) in [6.45, 7) is 0.311. The summed E-state index contributed by atoms with van der Waals surface area (Å²) in [5.74, 6) is 5.91. The number of carbonyl (C=O) groups is 1. The fourth-order valence-corrected chi connectivity index (χ4v) is 2.08. The molecule has 106 valence electrons. The van der Waals surface area contributed by atoms with Gasteiger partial charge in [-0.15, -0.1) is 0 Å². The van der Waals surface area contributed by atoms with Gasteiger partial charge in [-0.25, -0.2) is 4.98 Å². The Labute approximate surface area is 120 Å². The number of hydrogen-bond acceptors (Lipinski definition) is 5. The fourth-order valence-electron chi connectivity index (χ4n) is 2.08. The minimum absolute atomic E-state index is 0.284. The number of pyridine rings is 1. The number of carbonyl (C=O) groups excluding carboxylic acids is 1. The van der Waals surface area contributed by atoms with Crippen LogP contribution < -0.4 is 16.6 Å². The molecule has 3 rings (SSSR count). The Morgan fingerprint density at radius 3 is 2.86 bits per heavy atom. The second kappa shape index (κ2) is 5.64. The highest BCUT2D eigenvalue weighted by Gasteiger charge is 2.11. The molecule has 0 radical (unpaired) electrons. The van der Waals surface area contributed by atoms with Gasteiger partial charge >= 0.3 is 0 Å². The van der Waals surface area contributed by atoms with Crippen molar-refractivity contribution in [1.29, 1.82) is 0 Å². The summed E-state index contributed by atoms with van der Waals surface area (Å²) in [6.07, 6.45) is 1.56. The molecule has 0 aliphatic rings. The molecule has 0 spiro atoms. The van der Waals surface area contributed by atoms with Gasteiger partial charge in [0.2, 0.25) is 0 Å². The number of hydrogen-bond donors (Lipinski definition) is 3. The lowest BCUT2D eigenvalue weighted by Gasteiger charge is -2.09. The van der Waals surface area contributed by atoms with Gasteiger partial charge < -0.3 is 15.2 Å². The van der Waals surface area contributed by atoms with Crippen LogP contribution in [0.1, 0.15) is 16.2 Å². The molecule has 21 heavy (non-hydrogen) atoms. The van der Waals surface area contributed by atoms with Crippen molar-refractivity contribution in [3.8, 4) is 0 Å². The number of rotatable bonds is 4. The van der Waals surface area contributed by atoms with Gasteiger partial charge in [0.1, 0.15) is 11.5 Å². The van der Waals surface area contributed by atoms with Crippen LogP contribution in [-0.4, -0.2) is 10.9 Å². The summed E-state index contributed by atoms with van der Waals surface area (Å²) >= 11 is 0. The van der Waals surface area contributed by atoms with Crippen LogP contribution in [0.15, 0.2) is 53.1 Å². The Balaban J connectivity index is 1.87. The van der Waals surface area contributed by atoms with E-state index in [0.717, 1.165) is 5.39 Å². The summed E-state index contributed by atoms with van der Waals surface area (Å²) < 4.78 is 5.17. The molecule has 6 nitrogen and oxygen atoms in total. The molecule has 1 aromatic carbocycles. The SMILES string of the molecule is NNc1cc(C(=O)NCc2ccco2)nc2ccccc12. The van der Waals surface area contributed by atoms with Crippen LogP contribution in [0.25, 0.3) is 10.9 Å². The molecule has 0 saturated carbocycles. The van der Waals surface area contributed by atoms with Crippen molar-refractivity contribution in [2.75, 3.05) is 5.43 Å². The number of amides is 1. The van der Waals surface area contributed by atoms with E-state index in [9.17, 15) is 4.79 Å². The third-order valence-electron chi connectivity index (χ3n) is 3.11. The molecule has 2 heterocycles. The Morgan fingerprint density at radius 1 is 1.24 bits per heavy atom. The number of nitrogen functional groups attached to an aromatic ring is 1. The average Bonchev–Trinajstić information content (AvgIpc) is 3.04. The van der Waals surface area contributed by atoms with E-state index in [1.54, 1.807) is 24.5 Å². The summed E-state index contributed by atoms with van der Waals surface area (Å²) in [4.78, 5) is 16.5. The molecule has 0 unspecified atom stereocenters. The van der Waals surface area contributed by atoms with E-state index in [-0.39, 0.29) is 5.91 Å². The largest absolute Gasteiger partial charge is 0.467 e. The number of nitrogens with zero attached hydrogens (tertiary/aromatic N) is 1. The van der Waals surface area contributed by atoms with E-state index in [1.807, 2.05) is 24.3 Å². The first-order chi connectivity index (χ1) is 10.3. The van der Waals surface area contributed by atoms with Crippen LogP contribution in [0.3, 0.4) is 0 Å². The summed E-state index contributed by atoms with van der Waals surface area (Å²) in [6, 6.07) is 12.7. The van der Waals surface area contributed by atoms with Crippen LogP contribution in [0.2, 0.25) is 0 Å². The normalized spacial score (nSPS) is 10.5. The van der Waals surface area contributed by atoms with Crippen molar-refractivity contribution in [2.45, 2.75) is 6.54 Å². The molecule has 0 saturated heterocycles. The zero-order chi connectivity index (χ0) is 14.7. The van der Waals surface area contributed by atoms with Crippen molar-refractivity contribution < 1.29 is 9.21 Å². The van der Waals surface area contributed by atoms with Gasteiger partial charge in [0.25, 0.3) is 5.91 Å². The maximum absolute atomic E-state index is 12.2. The molecule has 0 bridgehead atoms. The predicted molar refractivity (Wildman–Crippen MR) is 79.4 cm³/mol. The van der Waals surface area contributed by atoms with Crippen LogP contribution in [0.5, 0.6) is 0 Å². The van der Waals surface area contributed by atoms with E-state index in [1.165, 1.54) is 0 Å². The lowest BCUT2D eigenvalue weighted by molar-refractivity contribution is 0.0943. The topological polar surface area (TPSA) is 93.2 Å². The maximum atomic E-state index is 12.2. The summed E-state index contributed by atoms with van der Waals surface area (Å²) in [7, 11) is 0. The second-order valence-electron chi connectivity index (χ2n) is 4.48. The number of para-hydroxylation sites is 1. The van der Waals surface area contributed by atoms with E-state index in [4.69, 9.17) is 10.3 Å². The third-order valence-corrected chi connectivity index (χ3v) is 3.11. The fraction of sp³-hybridized carbons (Fsp3) is 0.0667. The number of benzene rings is 1. The summed E-state index contributed by atoms with van der Waals surface area (Å²) in [5, 5.41) is 3.62. The Morgan fingerprint density at radius 2 is 2.10 bits per heavy atom. The number of nitrogens with one attached hydrogen (secondary N) is 2. The van der Waals surface area contributed by atoms with Gasteiger partial charge in [0.15, 0.2) is 0 Å². The first kappa shape index (κ1) is 13.1. The predicted octanol–water partition coefficient (Wildman–Crippen LogP) is 2.04. The van der Waals surface area contributed by atoms with Crippen molar-refractivity contribution in [1.82, 2.24) is 10.3 Å². The highest BCUT2D eigenvalue weighted by molar-refractivity contribution is 5.99. The van der Waals surface area contributed by atoms with Crippen LogP contribution >= 0.6 is 0 Å². The Kier molecular flexibility index (Phi) is 3.53. The Hall–Kier alpha value is -2.86. The van der Waals surface area contributed by atoms with Crippen LogP contribution in [0.4, 0.5) is 5.69 Å². The number of hydrazine groups is 1. The highest BCUT2D eigenvalue weighted by atomic mass is 16.3. The first-order valence-corrected chi connectivity index (χ1v) is 6.45. The van der Waals surface area contributed by atoms with Crippen LogP contribution in [-0.2, 0) is 6.54 Å². The lowest BCUT2D eigenvalue weighted by atomic mass is 10.1. The van der Waals surface area contributed by atoms with Gasteiger partial charge in [-0.05, 0) is 24.3 Å². The minimum Gasteiger partial charge on any atom is -0.467 e. The zero-order valence-corrected chi connectivity index (χ0v) is 11.2. The number of anilines is 1. The molecule has 0 aliphatic heterocycles. The minimum atomic E-state index is -0.284. The third kappa shape index (κ3) is 2.70. The zero-order valence-electron chi connectivity index (χ0n) is 11.2. The molecular formula is C15H14N4O2.